The van der Waals surface area contributed by atoms with Crippen LogP contribution in [-0.4, -0.2) is 49.7 Å². The molecule has 0 aromatic rings. The second-order valence-electron chi connectivity index (χ2n) is 8.86. The van der Waals surface area contributed by atoms with E-state index >= 15 is 0 Å². The molecule has 4 bridgehead atoms. The summed E-state index contributed by atoms with van der Waals surface area (Å²) in [6.45, 7) is 4.39. The second kappa shape index (κ2) is 7.01. The summed E-state index contributed by atoms with van der Waals surface area (Å²) in [5.74, 6) is -1.78. The summed E-state index contributed by atoms with van der Waals surface area (Å²) >= 11 is 0. The monoisotopic (exact) mass is 370 g/mol. The Kier molecular flexibility index (Phi) is 5.89. The quantitative estimate of drug-likeness (QED) is 0.543. The van der Waals surface area contributed by atoms with Crippen LogP contribution in [0, 0.1) is 21.7 Å². The molecule has 4 nitrogen and oxygen atoms in total. The van der Waals surface area contributed by atoms with Crippen molar-refractivity contribution in [3.05, 3.63) is 24.3 Å². The molecule has 0 aromatic carbocycles. The molecule has 0 unspecified atom stereocenters. The maximum absolute atomic E-state index is 10.9. The number of allylic oxidation sites excluding steroid dienone is 2. The molecular formula is C20H26CaO4. The van der Waals surface area contributed by atoms with Gasteiger partial charge in [-0.2, -0.15) is 0 Å². The molecule has 0 saturated heterocycles. The van der Waals surface area contributed by atoms with Crippen LogP contribution in [0.15, 0.2) is 24.3 Å². The Labute approximate surface area is 179 Å². The summed E-state index contributed by atoms with van der Waals surface area (Å²) in [7, 11) is 0. The van der Waals surface area contributed by atoms with Crippen LogP contribution >= 0.6 is 0 Å². The molecule has 0 N–H and O–H groups in total. The Hall–Kier alpha value is -0.320. The van der Waals surface area contributed by atoms with Gasteiger partial charge in [0, 0.05) is 10.8 Å². The summed E-state index contributed by atoms with van der Waals surface area (Å²) in [5, 5.41) is 21.7. The molecule has 0 atom stereocenters. The Bertz CT molecular complexity index is 549. The van der Waals surface area contributed by atoms with Gasteiger partial charge in [-0.1, -0.05) is 38.2 Å². The van der Waals surface area contributed by atoms with Crippen LogP contribution in [-0.2, 0) is 9.59 Å². The van der Waals surface area contributed by atoms with E-state index in [1.165, 1.54) is 0 Å². The van der Waals surface area contributed by atoms with Crippen molar-refractivity contribution >= 4 is 49.7 Å². The predicted octanol–water partition coefficient (Wildman–Crippen LogP) is 1.36. The maximum Gasteiger partial charge on any atom is 2.00 e. The molecular weight excluding hydrogens is 344 g/mol. The van der Waals surface area contributed by atoms with Crippen LogP contribution < -0.4 is 10.2 Å². The van der Waals surface area contributed by atoms with E-state index in [9.17, 15) is 19.8 Å². The van der Waals surface area contributed by atoms with Crippen molar-refractivity contribution in [1.82, 2.24) is 0 Å². The minimum absolute atomic E-state index is 0. The summed E-state index contributed by atoms with van der Waals surface area (Å²) < 4.78 is 0. The Morgan fingerprint density at radius 1 is 0.640 bits per heavy atom. The SMILES string of the molecule is CC12C=CC(C(=O)[O-])(CC1)CC2.CC12C=CC(C(=O)[O-])(CC1)CC2.[Ca+2]. The van der Waals surface area contributed by atoms with Crippen molar-refractivity contribution in [2.75, 3.05) is 0 Å². The number of hydrogen-bond donors (Lipinski definition) is 0. The Morgan fingerprint density at radius 3 is 1.08 bits per heavy atom. The topological polar surface area (TPSA) is 80.3 Å². The summed E-state index contributed by atoms with van der Waals surface area (Å²) in [5.41, 5.74) is -0.677. The molecule has 0 spiro atoms. The van der Waals surface area contributed by atoms with Crippen LogP contribution in [0.4, 0.5) is 0 Å². The fraction of sp³-hybridized carbons (Fsp3) is 0.700. The van der Waals surface area contributed by atoms with Crippen LogP contribution in [0.25, 0.3) is 0 Å². The maximum atomic E-state index is 10.9. The van der Waals surface area contributed by atoms with Crippen molar-refractivity contribution in [2.45, 2.75) is 65.2 Å². The predicted molar refractivity (Wildman–Crippen MR) is 92.1 cm³/mol. The van der Waals surface area contributed by atoms with E-state index < -0.39 is 22.8 Å². The number of carboxylic acids is 2. The van der Waals surface area contributed by atoms with E-state index in [0.717, 1.165) is 51.4 Å². The van der Waals surface area contributed by atoms with Crippen molar-refractivity contribution < 1.29 is 19.8 Å². The van der Waals surface area contributed by atoms with E-state index in [2.05, 4.69) is 26.0 Å². The van der Waals surface area contributed by atoms with E-state index in [1.54, 1.807) is 0 Å². The van der Waals surface area contributed by atoms with Gasteiger partial charge in [0.1, 0.15) is 0 Å². The number of carbonyl (C=O) groups excluding carboxylic acids is 2. The molecule has 0 heterocycles. The number of fused-ring (bicyclic) bond motifs is 4. The van der Waals surface area contributed by atoms with Gasteiger partial charge < -0.3 is 19.8 Å². The first-order valence-electron chi connectivity index (χ1n) is 8.97. The van der Waals surface area contributed by atoms with Crippen molar-refractivity contribution in [3.63, 3.8) is 0 Å². The molecule has 5 heteroatoms. The first-order valence-corrected chi connectivity index (χ1v) is 8.97. The third-order valence-corrected chi connectivity index (χ3v) is 6.99. The fourth-order valence-corrected chi connectivity index (χ4v) is 4.47. The van der Waals surface area contributed by atoms with Crippen molar-refractivity contribution in [2.24, 2.45) is 21.7 Å². The molecule has 6 rings (SSSR count). The second-order valence-corrected chi connectivity index (χ2v) is 8.86. The molecule has 132 valence electrons. The third-order valence-electron chi connectivity index (χ3n) is 6.99. The molecule has 0 aromatic heterocycles. The zero-order valence-corrected chi connectivity index (χ0v) is 17.5. The molecule has 6 aliphatic rings. The molecule has 25 heavy (non-hydrogen) atoms. The number of hydrogen-bond acceptors (Lipinski definition) is 4. The van der Waals surface area contributed by atoms with Gasteiger partial charge in [-0.05, 0) is 62.2 Å². The van der Waals surface area contributed by atoms with Crippen molar-refractivity contribution in [1.29, 1.82) is 0 Å². The molecule has 2 saturated carbocycles. The molecule has 2 fully saturated rings. The minimum Gasteiger partial charge on any atom is -0.549 e. The van der Waals surface area contributed by atoms with Gasteiger partial charge >= 0.3 is 37.7 Å². The fourth-order valence-electron chi connectivity index (χ4n) is 4.47. The van der Waals surface area contributed by atoms with Gasteiger partial charge in [-0.3, -0.25) is 0 Å². The van der Waals surface area contributed by atoms with Gasteiger partial charge in [0.05, 0.1) is 11.9 Å². The zero-order chi connectivity index (χ0) is 17.6. The molecule has 0 radical (unpaired) electrons. The normalized spacial score (nSPS) is 43.0. The molecule has 0 aliphatic heterocycles. The van der Waals surface area contributed by atoms with E-state index in [-0.39, 0.29) is 48.6 Å². The van der Waals surface area contributed by atoms with E-state index in [1.807, 2.05) is 12.2 Å². The zero-order valence-electron chi connectivity index (χ0n) is 15.3. The number of aliphatic carboxylic acids is 2. The Balaban J connectivity index is 0.000000173. The first-order chi connectivity index (χ1) is 11.1. The molecule has 6 aliphatic carbocycles. The van der Waals surface area contributed by atoms with Crippen LogP contribution in [0.3, 0.4) is 0 Å². The van der Waals surface area contributed by atoms with E-state index in [4.69, 9.17) is 0 Å². The minimum atomic E-state index is -0.888. The number of rotatable bonds is 2. The largest absolute Gasteiger partial charge is 2.00 e. The van der Waals surface area contributed by atoms with E-state index in [0.29, 0.717) is 0 Å². The summed E-state index contributed by atoms with van der Waals surface area (Å²) in [6.07, 6.45) is 14.9. The molecule has 0 amide bonds. The van der Waals surface area contributed by atoms with Gasteiger partial charge in [0.25, 0.3) is 0 Å². The third kappa shape index (κ3) is 3.86. The smallest absolute Gasteiger partial charge is 0.549 e. The summed E-state index contributed by atoms with van der Waals surface area (Å²) in [6, 6.07) is 0. The van der Waals surface area contributed by atoms with Gasteiger partial charge in [0.15, 0.2) is 0 Å². The standard InChI is InChI=1S/2C10H14O2.Ca/c2*1-9-2-5-10(6-3-9,7-4-9)8(11)12;/h2*2,5H,3-4,6-7H2,1H3,(H,11,12);/q;;+2/p-2. The average Bonchev–Trinajstić information content (AvgIpc) is 2.57. The average molecular weight is 371 g/mol. The van der Waals surface area contributed by atoms with Gasteiger partial charge in [-0.25, -0.2) is 0 Å². The van der Waals surface area contributed by atoms with Crippen LogP contribution in [0.2, 0.25) is 0 Å². The van der Waals surface area contributed by atoms with Crippen LogP contribution in [0.5, 0.6) is 0 Å². The summed E-state index contributed by atoms with van der Waals surface area (Å²) in [4.78, 5) is 21.7. The first kappa shape index (κ1) is 21.0. The van der Waals surface area contributed by atoms with Gasteiger partial charge in [-0.15, -0.1) is 0 Å². The van der Waals surface area contributed by atoms with Gasteiger partial charge in [0.2, 0.25) is 0 Å². The number of carbonyl (C=O) groups is 2. The van der Waals surface area contributed by atoms with Crippen LogP contribution in [0.1, 0.15) is 65.2 Å². The van der Waals surface area contributed by atoms with Crippen molar-refractivity contribution in [3.8, 4) is 0 Å². The Morgan fingerprint density at radius 2 is 0.920 bits per heavy atom. The number of carboxylic acid groups (broad SMARTS) is 2.